The molecule has 0 saturated carbocycles. The van der Waals surface area contributed by atoms with Crippen LogP contribution in [-0.2, 0) is 11.8 Å². The van der Waals surface area contributed by atoms with E-state index in [0.717, 1.165) is 43.9 Å². The lowest BCUT2D eigenvalue weighted by Gasteiger charge is -2.33. The topological polar surface area (TPSA) is 54.3 Å². The Bertz CT molecular complexity index is 826. The van der Waals surface area contributed by atoms with E-state index in [2.05, 4.69) is 50.4 Å². The molecule has 0 aliphatic rings. The smallest absolute Gasteiger partial charge is 0.160 e. The van der Waals surface area contributed by atoms with E-state index in [9.17, 15) is 5.26 Å². The van der Waals surface area contributed by atoms with Crippen LogP contribution in [0.3, 0.4) is 0 Å². The van der Waals surface area contributed by atoms with E-state index in [1.807, 2.05) is 24.3 Å². The average molecular weight is 395 g/mol. The van der Waals surface area contributed by atoms with Gasteiger partial charge in [-0.3, -0.25) is 0 Å². The van der Waals surface area contributed by atoms with Crippen LogP contribution >= 0.6 is 0 Å². The van der Waals surface area contributed by atoms with Crippen molar-refractivity contribution in [2.24, 2.45) is 5.92 Å². The Balaban J connectivity index is 1.88. The molecule has 2 aromatic carbocycles. The van der Waals surface area contributed by atoms with Gasteiger partial charge in [0, 0.05) is 0 Å². The Morgan fingerprint density at radius 2 is 1.76 bits per heavy atom. The molecular weight excluding hydrogens is 360 g/mol. The minimum atomic E-state index is -0.434. The molecular formula is C25H34N2O2. The molecule has 2 rings (SSSR count). The fourth-order valence-electron chi connectivity index (χ4n) is 3.94. The van der Waals surface area contributed by atoms with Crippen molar-refractivity contribution in [3.05, 3.63) is 59.2 Å². The number of ether oxygens (including phenoxy) is 2. The van der Waals surface area contributed by atoms with Crippen molar-refractivity contribution in [2.45, 2.75) is 45.4 Å². The minimum Gasteiger partial charge on any atom is -0.493 e. The normalized spacial score (nSPS) is 13.0. The summed E-state index contributed by atoms with van der Waals surface area (Å²) in [6.45, 7) is 8.20. The van der Waals surface area contributed by atoms with Crippen LogP contribution in [-0.4, -0.2) is 27.3 Å². The van der Waals surface area contributed by atoms with Crippen molar-refractivity contribution < 1.29 is 9.47 Å². The number of nitriles is 1. The first-order valence-electron chi connectivity index (χ1n) is 10.4. The van der Waals surface area contributed by atoms with Crippen LogP contribution in [0.25, 0.3) is 0 Å². The summed E-state index contributed by atoms with van der Waals surface area (Å²) < 4.78 is 10.7. The number of hydrogen-bond donors (Lipinski definition) is 1. The van der Waals surface area contributed by atoms with Crippen molar-refractivity contribution in [1.29, 1.82) is 5.26 Å². The van der Waals surface area contributed by atoms with Gasteiger partial charge in [0.15, 0.2) is 11.5 Å². The predicted octanol–water partition coefficient (Wildman–Crippen LogP) is 5.04. The predicted molar refractivity (Wildman–Crippen MR) is 119 cm³/mol. The second-order valence-electron chi connectivity index (χ2n) is 7.85. The Hall–Kier alpha value is -2.51. The van der Waals surface area contributed by atoms with Crippen LogP contribution in [0.5, 0.6) is 11.5 Å². The van der Waals surface area contributed by atoms with Gasteiger partial charge in [0.25, 0.3) is 0 Å². The van der Waals surface area contributed by atoms with E-state index in [4.69, 9.17) is 9.47 Å². The van der Waals surface area contributed by atoms with E-state index >= 15 is 0 Å². The number of benzene rings is 2. The van der Waals surface area contributed by atoms with Crippen molar-refractivity contribution in [3.8, 4) is 17.6 Å². The molecule has 0 saturated heterocycles. The molecule has 0 fully saturated rings. The third-order valence-corrected chi connectivity index (χ3v) is 5.77. The Morgan fingerprint density at radius 1 is 1.03 bits per heavy atom. The first-order valence-corrected chi connectivity index (χ1v) is 10.4. The van der Waals surface area contributed by atoms with Gasteiger partial charge >= 0.3 is 0 Å². The summed E-state index contributed by atoms with van der Waals surface area (Å²) in [5.41, 5.74) is 3.15. The molecule has 0 amide bonds. The maximum atomic E-state index is 10.1. The van der Waals surface area contributed by atoms with E-state index in [1.54, 1.807) is 14.2 Å². The van der Waals surface area contributed by atoms with E-state index < -0.39 is 5.41 Å². The maximum Gasteiger partial charge on any atom is 0.160 e. The Labute approximate surface area is 175 Å². The lowest BCUT2D eigenvalue weighted by atomic mass is 9.68. The number of nitrogens with one attached hydrogen (secondary N) is 1. The molecule has 2 aromatic rings. The van der Waals surface area contributed by atoms with Crippen LogP contribution in [0.15, 0.2) is 42.5 Å². The quantitative estimate of drug-likeness (QED) is 0.542. The molecule has 1 atom stereocenters. The molecule has 4 heteroatoms. The van der Waals surface area contributed by atoms with Gasteiger partial charge in [0.05, 0.1) is 25.7 Å². The SMILES string of the molecule is COc1ccc(CCNCCC[C@@](C#N)(c2ccccc2C)C(C)C)cc1OC. The molecule has 29 heavy (non-hydrogen) atoms. The van der Waals surface area contributed by atoms with Gasteiger partial charge in [-0.15, -0.1) is 0 Å². The van der Waals surface area contributed by atoms with Crippen molar-refractivity contribution in [3.63, 3.8) is 0 Å². The molecule has 0 spiro atoms. The molecule has 0 aliphatic heterocycles. The van der Waals surface area contributed by atoms with Gasteiger partial charge in [-0.1, -0.05) is 44.2 Å². The molecule has 0 aliphatic carbocycles. The van der Waals surface area contributed by atoms with Crippen molar-refractivity contribution >= 4 is 0 Å². The third kappa shape index (κ3) is 5.52. The molecule has 0 unspecified atom stereocenters. The average Bonchev–Trinajstić information content (AvgIpc) is 2.73. The van der Waals surface area contributed by atoms with E-state index in [0.29, 0.717) is 0 Å². The highest BCUT2D eigenvalue weighted by molar-refractivity contribution is 5.43. The van der Waals surface area contributed by atoms with Crippen LogP contribution < -0.4 is 14.8 Å². The number of methoxy groups -OCH3 is 2. The molecule has 0 aromatic heterocycles. The van der Waals surface area contributed by atoms with Crippen molar-refractivity contribution in [1.82, 2.24) is 5.32 Å². The van der Waals surface area contributed by atoms with Gasteiger partial charge in [0.1, 0.15) is 0 Å². The number of hydrogen-bond acceptors (Lipinski definition) is 4. The number of nitrogens with zero attached hydrogens (tertiary/aromatic N) is 1. The first-order chi connectivity index (χ1) is 14.0. The lowest BCUT2D eigenvalue weighted by Crippen LogP contribution is -2.33. The zero-order chi connectivity index (χ0) is 21.3. The lowest BCUT2D eigenvalue weighted by molar-refractivity contribution is 0.354. The fourth-order valence-corrected chi connectivity index (χ4v) is 3.94. The van der Waals surface area contributed by atoms with Crippen molar-refractivity contribution in [2.75, 3.05) is 27.3 Å². The summed E-state index contributed by atoms with van der Waals surface area (Å²) in [5, 5.41) is 13.6. The number of aryl methyl sites for hydroxylation is 1. The summed E-state index contributed by atoms with van der Waals surface area (Å²) in [6.07, 6.45) is 2.74. The summed E-state index contributed by atoms with van der Waals surface area (Å²) in [6, 6.07) is 17.0. The molecule has 4 nitrogen and oxygen atoms in total. The first kappa shape index (κ1) is 22.8. The molecule has 0 heterocycles. The standard InChI is InChI=1S/C25H34N2O2/c1-19(2)25(18-26,22-10-7-6-9-20(22)3)14-8-15-27-16-13-21-11-12-23(28-4)24(17-21)29-5/h6-7,9-12,17,19,27H,8,13-16H2,1-5H3/t25-/m0/s1. The van der Waals surface area contributed by atoms with Crippen LogP contribution in [0.2, 0.25) is 0 Å². The summed E-state index contributed by atoms with van der Waals surface area (Å²) in [4.78, 5) is 0. The highest BCUT2D eigenvalue weighted by Crippen LogP contribution is 2.38. The Kier molecular flexibility index (Phi) is 8.54. The van der Waals surface area contributed by atoms with Crippen LogP contribution in [0, 0.1) is 24.2 Å². The molecule has 0 radical (unpaired) electrons. The second kappa shape index (κ2) is 10.9. The molecule has 156 valence electrons. The van der Waals surface area contributed by atoms with Gasteiger partial charge in [-0.05, 0) is 74.0 Å². The van der Waals surface area contributed by atoms with Crippen LogP contribution in [0.1, 0.15) is 43.4 Å². The highest BCUT2D eigenvalue weighted by atomic mass is 16.5. The van der Waals surface area contributed by atoms with E-state index in [1.165, 1.54) is 16.7 Å². The van der Waals surface area contributed by atoms with Crippen LogP contribution in [0.4, 0.5) is 0 Å². The second-order valence-corrected chi connectivity index (χ2v) is 7.85. The van der Waals surface area contributed by atoms with Gasteiger partial charge in [-0.25, -0.2) is 0 Å². The van der Waals surface area contributed by atoms with Gasteiger partial charge in [0.2, 0.25) is 0 Å². The molecule has 0 bridgehead atoms. The van der Waals surface area contributed by atoms with Gasteiger partial charge in [-0.2, -0.15) is 5.26 Å². The third-order valence-electron chi connectivity index (χ3n) is 5.77. The monoisotopic (exact) mass is 394 g/mol. The summed E-state index contributed by atoms with van der Waals surface area (Å²) >= 11 is 0. The summed E-state index contributed by atoms with van der Waals surface area (Å²) in [5.74, 6) is 1.78. The van der Waals surface area contributed by atoms with E-state index in [-0.39, 0.29) is 5.92 Å². The fraction of sp³-hybridized carbons (Fsp3) is 0.480. The van der Waals surface area contributed by atoms with Gasteiger partial charge < -0.3 is 14.8 Å². The zero-order valence-electron chi connectivity index (χ0n) is 18.4. The molecule has 1 N–H and O–H groups in total. The minimum absolute atomic E-state index is 0.264. The summed E-state index contributed by atoms with van der Waals surface area (Å²) in [7, 11) is 3.30. The largest absolute Gasteiger partial charge is 0.493 e. The highest BCUT2D eigenvalue weighted by Gasteiger charge is 2.36. The maximum absolute atomic E-state index is 10.1. The Morgan fingerprint density at radius 3 is 2.38 bits per heavy atom. The number of rotatable bonds is 11. The zero-order valence-corrected chi connectivity index (χ0v) is 18.4.